The Bertz CT molecular complexity index is 112. The van der Waals surface area contributed by atoms with E-state index in [1.54, 1.807) is 0 Å². The molecular weight excluding hydrogens is 80.0 g/mol. The molecule has 3 heteroatoms. The second-order valence-corrected chi connectivity index (χ2v) is 0.853. The van der Waals surface area contributed by atoms with Gasteiger partial charge in [-0.05, 0) is 0 Å². The molecule has 0 aliphatic rings. The smallest absolute Gasteiger partial charge is 0.291 e. The molecule has 0 amide bonds. The van der Waals surface area contributed by atoms with Gasteiger partial charge >= 0.3 is 0 Å². The van der Waals surface area contributed by atoms with Crippen LogP contribution >= 0.6 is 0 Å². The maximum absolute atomic E-state index is 8.27. The van der Waals surface area contributed by atoms with Crippen LogP contribution in [0.4, 0.5) is 0 Å². The molecular formula is C3H3N2O. The van der Waals surface area contributed by atoms with Gasteiger partial charge in [-0.15, -0.1) is 0 Å². The van der Waals surface area contributed by atoms with Gasteiger partial charge in [0.1, 0.15) is 6.20 Å². The third kappa shape index (κ3) is 0.337. The van der Waals surface area contributed by atoms with E-state index in [0.717, 1.165) is 0 Å². The molecule has 0 atom stereocenters. The lowest BCUT2D eigenvalue weighted by Crippen LogP contribution is -1.58. The molecule has 2 N–H and O–H groups in total. The van der Waals surface area contributed by atoms with Gasteiger partial charge in [0.05, 0.1) is 0 Å². The fraction of sp³-hybridized carbons (Fsp3) is 0. The summed E-state index contributed by atoms with van der Waals surface area (Å²) in [5.74, 6) is 0. The minimum absolute atomic E-state index is 0.0880. The lowest BCUT2D eigenvalue weighted by Gasteiger charge is -1.68. The molecule has 1 heterocycles. The molecule has 0 bridgehead atoms. The van der Waals surface area contributed by atoms with E-state index in [4.69, 9.17) is 5.11 Å². The van der Waals surface area contributed by atoms with Crippen LogP contribution in [0.2, 0.25) is 0 Å². The molecule has 0 saturated carbocycles. The summed E-state index contributed by atoms with van der Waals surface area (Å²) >= 11 is 0. The molecule has 0 aromatic carbocycles. The Balaban J connectivity index is 3.05. The van der Waals surface area contributed by atoms with Crippen LogP contribution in [0.5, 0.6) is 6.01 Å². The molecule has 0 unspecified atom stereocenters. The average molecular weight is 83.1 g/mol. The summed E-state index contributed by atoms with van der Waals surface area (Å²) in [5, 5.41) is 8.27. The minimum Gasteiger partial charge on any atom is -0.480 e. The van der Waals surface area contributed by atoms with Crippen molar-refractivity contribution in [3.05, 3.63) is 12.4 Å². The Hall–Kier alpha value is -0.990. The van der Waals surface area contributed by atoms with Crippen molar-refractivity contribution in [2.24, 2.45) is 0 Å². The number of aromatic hydroxyl groups is 1. The van der Waals surface area contributed by atoms with Crippen molar-refractivity contribution in [1.29, 1.82) is 0 Å². The summed E-state index contributed by atoms with van der Waals surface area (Å²) in [7, 11) is 0. The van der Waals surface area contributed by atoms with Crippen LogP contribution in [0, 0.1) is 6.20 Å². The van der Waals surface area contributed by atoms with Gasteiger partial charge in [0.15, 0.2) is 0 Å². The van der Waals surface area contributed by atoms with Gasteiger partial charge in [-0.2, -0.15) is 4.98 Å². The maximum Gasteiger partial charge on any atom is 0.291 e. The standard InChI is InChI=1S/C3H3N2O/c6-3-4-1-2-5-3/h1H,(H2,4,5,6). The van der Waals surface area contributed by atoms with Crippen molar-refractivity contribution in [2.75, 3.05) is 0 Å². The summed E-state index contributed by atoms with van der Waals surface area (Å²) in [5.41, 5.74) is 0. The first-order valence-corrected chi connectivity index (χ1v) is 1.50. The molecule has 1 aromatic rings. The lowest BCUT2D eigenvalue weighted by molar-refractivity contribution is 0.436. The van der Waals surface area contributed by atoms with E-state index in [-0.39, 0.29) is 6.01 Å². The third-order valence-electron chi connectivity index (χ3n) is 0.436. The van der Waals surface area contributed by atoms with Gasteiger partial charge in [0, 0.05) is 6.20 Å². The van der Waals surface area contributed by atoms with Crippen molar-refractivity contribution < 1.29 is 5.11 Å². The van der Waals surface area contributed by atoms with Crippen LogP contribution in [0.15, 0.2) is 6.20 Å². The predicted molar refractivity (Wildman–Crippen MR) is 19.1 cm³/mol. The highest BCUT2D eigenvalue weighted by molar-refractivity contribution is 4.86. The van der Waals surface area contributed by atoms with Crippen LogP contribution in [0.25, 0.3) is 0 Å². The normalized spacial score (nSPS) is 8.67. The van der Waals surface area contributed by atoms with Crippen molar-refractivity contribution in [3.8, 4) is 6.01 Å². The van der Waals surface area contributed by atoms with Gasteiger partial charge < -0.3 is 10.1 Å². The SMILES string of the molecule is Oc1n[c]c[nH]1. The Morgan fingerprint density at radius 2 is 2.83 bits per heavy atom. The molecule has 3 nitrogen and oxygen atoms in total. The van der Waals surface area contributed by atoms with Gasteiger partial charge in [-0.3, -0.25) is 0 Å². The topological polar surface area (TPSA) is 48.9 Å². The van der Waals surface area contributed by atoms with Crippen LogP contribution in [0.3, 0.4) is 0 Å². The lowest BCUT2D eigenvalue weighted by atomic mass is 11.0. The molecule has 0 fully saturated rings. The first-order valence-electron chi connectivity index (χ1n) is 1.50. The van der Waals surface area contributed by atoms with Crippen molar-refractivity contribution >= 4 is 0 Å². The van der Waals surface area contributed by atoms with E-state index in [9.17, 15) is 0 Å². The van der Waals surface area contributed by atoms with Crippen molar-refractivity contribution in [3.63, 3.8) is 0 Å². The molecule has 0 saturated heterocycles. The van der Waals surface area contributed by atoms with Crippen molar-refractivity contribution in [2.45, 2.75) is 0 Å². The Labute approximate surface area is 34.7 Å². The first kappa shape index (κ1) is 3.21. The molecule has 0 aliphatic carbocycles. The molecule has 0 spiro atoms. The van der Waals surface area contributed by atoms with Gasteiger partial charge in [0.25, 0.3) is 6.01 Å². The monoisotopic (exact) mass is 83.0 g/mol. The molecule has 1 aromatic heterocycles. The van der Waals surface area contributed by atoms with Gasteiger partial charge in [-0.25, -0.2) is 0 Å². The van der Waals surface area contributed by atoms with Crippen LogP contribution in [-0.4, -0.2) is 15.1 Å². The highest BCUT2D eigenvalue weighted by Gasteiger charge is 1.78. The number of rotatable bonds is 0. The number of aromatic nitrogens is 2. The van der Waals surface area contributed by atoms with E-state index in [1.165, 1.54) is 6.20 Å². The highest BCUT2D eigenvalue weighted by atomic mass is 16.3. The number of hydrogen-bond donors (Lipinski definition) is 2. The molecule has 1 rings (SSSR count). The number of hydrogen-bond acceptors (Lipinski definition) is 2. The summed E-state index contributed by atoms with van der Waals surface area (Å²) in [6.45, 7) is 0. The van der Waals surface area contributed by atoms with Crippen LogP contribution < -0.4 is 0 Å². The molecule has 31 valence electrons. The Morgan fingerprint density at radius 3 is 3.00 bits per heavy atom. The zero-order valence-electron chi connectivity index (χ0n) is 2.97. The quantitative estimate of drug-likeness (QED) is 0.460. The minimum atomic E-state index is -0.0880. The second-order valence-electron chi connectivity index (χ2n) is 0.853. The molecule has 1 radical (unpaired) electrons. The second kappa shape index (κ2) is 1.01. The van der Waals surface area contributed by atoms with Gasteiger partial charge in [-0.1, -0.05) is 0 Å². The summed E-state index contributed by atoms with van der Waals surface area (Å²) in [6, 6.07) is -0.0880. The van der Waals surface area contributed by atoms with Crippen LogP contribution in [0.1, 0.15) is 0 Å². The zero-order chi connectivity index (χ0) is 4.41. The van der Waals surface area contributed by atoms with Crippen molar-refractivity contribution in [1.82, 2.24) is 9.97 Å². The fourth-order valence-electron chi connectivity index (χ4n) is 0.223. The summed E-state index contributed by atoms with van der Waals surface area (Å²) in [4.78, 5) is 5.68. The van der Waals surface area contributed by atoms with E-state index < -0.39 is 0 Å². The van der Waals surface area contributed by atoms with E-state index >= 15 is 0 Å². The Kier molecular flexibility index (Phi) is 0.538. The maximum atomic E-state index is 8.27. The number of nitrogens with zero attached hydrogens (tertiary/aromatic N) is 1. The van der Waals surface area contributed by atoms with Crippen LogP contribution in [-0.2, 0) is 0 Å². The zero-order valence-corrected chi connectivity index (χ0v) is 2.97. The molecule has 0 aliphatic heterocycles. The number of imidazole rings is 1. The fourth-order valence-corrected chi connectivity index (χ4v) is 0.223. The first-order chi connectivity index (χ1) is 2.89. The average Bonchev–Trinajstić information content (AvgIpc) is 1.86. The predicted octanol–water partition coefficient (Wildman–Crippen LogP) is -0.0845. The van der Waals surface area contributed by atoms with Gasteiger partial charge in [0.2, 0.25) is 0 Å². The number of nitrogens with one attached hydrogen (secondary N) is 1. The largest absolute Gasteiger partial charge is 0.480 e. The summed E-state index contributed by atoms with van der Waals surface area (Å²) in [6.07, 6.45) is 3.80. The number of H-pyrrole nitrogens is 1. The molecule has 6 heavy (non-hydrogen) atoms. The summed E-state index contributed by atoms with van der Waals surface area (Å²) < 4.78 is 0. The van der Waals surface area contributed by atoms with E-state index in [0.29, 0.717) is 0 Å². The highest BCUT2D eigenvalue weighted by Crippen LogP contribution is 1.89. The van der Waals surface area contributed by atoms with E-state index in [2.05, 4.69) is 16.2 Å². The third-order valence-corrected chi connectivity index (χ3v) is 0.436. The number of aromatic amines is 1. The van der Waals surface area contributed by atoms with E-state index in [1.807, 2.05) is 0 Å². The Morgan fingerprint density at radius 1 is 2.00 bits per heavy atom.